The molecule has 3 heterocycles. The highest BCUT2D eigenvalue weighted by molar-refractivity contribution is 7.10. The van der Waals surface area contributed by atoms with Gasteiger partial charge in [-0.1, -0.05) is 42.8 Å². The van der Waals surface area contributed by atoms with E-state index < -0.39 is 41.4 Å². The Hall–Kier alpha value is -5.12. The summed E-state index contributed by atoms with van der Waals surface area (Å²) in [5.41, 5.74) is 0.939. The smallest absolute Gasteiger partial charge is 0.418 e. The molecule has 3 aromatic heterocycles. The largest absolute Gasteiger partial charge is 0.460 e. The first kappa shape index (κ1) is 36.2. The third-order valence-electron chi connectivity index (χ3n) is 8.21. The van der Waals surface area contributed by atoms with Crippen molar-refractivity contribution in [3.05, 3.63) is 112 Å². The average Bonchev–Trinajstić information content (AvgIpc) is 3.79. The second-order valence-electron chi connectivity index (χ2n) is 11.8. The van der Waals surface area contributed by atoms with Gasteiger partial charge < -0.3 is 19.9 Å². The van der Waals surface area contributed by atoms with Crippen LogP contribution in [-0.2, 0) is 33.0 Å². The van der Waals surface area contributed by atoms with E-state index in [4.69, 9.17) is 14.5 Å². The molecule has 3 atom stereocenters. The summed E-state index contributed by atoms with van der Waals surface area (Å²) in [4.78, 5) is 35.2. The van der Waals surface area contributed by atoms with Gasteiger partial charge in [-0.2, -0.15) is 4.57 Å². The van der Waals surface area contributed by atoms with Crippen LogP contribution in [-0.4, -0.2) is 57.6 Å². The fraction of sp³-hybridized carbons (Fsp3) is 0.314. The second kappa shape index (κ2) is 15.6. The van der Waals surface area contributed by atoms with Gasteiger partial charge in [0, 0.05) is 53.3 Å². The lowest BCUT2D eigenvalue weighted by atomic mass is 9.82. The van der Waals surface area contributed by atoms with Gasteiger partial charge in [-0.25, -0.2) is 23.5 Å². The summed E-state index contributed by atoms with van der Waals surface area (Å²) in [6.45, 7) is 4.95. The highest BCUT2D eigenvalue weighted by Gasteiger charge is 2.43. The molecule has 0 bridgehead atoms. The second-order valence-corrected chi connectivity index (χ2v) is 12.7. The van der Waals surface area contributed by atoms with Gasteiger partial charge in [-0.05, 0) is 38.2 Å². The van der Waals surface area contributed by atoms with Crippen LogP contribution in [0.25, 0.3) is 11.3 Å². The molecule has 0 saturated heterocycles. The number of likely N-dealkylation sites (N-methyl/N-ethyl adjacent to an activating group) is 1. The Morgan fingerprint density at radius 3 is 2.66 bits per heavy atom. The van der Waals surface area contributed by atoms with Crippen molar-refractivity contribution in [2.45, 2.75) is 51.7 Å². The van der Waals surface area contributed by atoms with Gasteiger partial charge in [0.05, 0.1) is 17.2 Å². The van der Waals surface area contributed by atoms with Gasteiger partial charge in [0.2, 0.25) is 12.6 Å². The van der Waals surface area contributed by atoms with E-state index in [0.717, 1.165) is 29.3 Å². The molecule has 2 aromatic carbocycles. The molecular formula is C35H38F2N7O5S+. The van der Waals surface area contributed by atoms with Crippen molar-refractivity contribution in [1.82, 2.24) is 25.1 Å². The van der Waals surface area contributed by atoms with Gasteiger partial charge in [-0.3, -0.25) is 9.69 Å². The molecule has 5 aromatic rings. The number of thiazole rings is 1. The number of hydrogen-bond donors (Lipinski definition) is 2. The Morgan fingerprint density at radius 2 is 1.92 bits per heavy atom. The first-order chi connectivity index (χ1) is 23.9. The number of carbonyl (C=O) groups is 2. The monoisotopic (exact) mass is 706 g/mol. The lowest BCUT2D eigenvalue weighted by Gasteiger charge is -2.32. The molecule has 0 aliphatic carbocycles. The first-order valence-corrected chi connectivity index (χ1v) is 16.6. The molecule has 12 nitrogen and oxygen atoms in total. The molecule has 15 heteroatoms. The van der Waals surface area contributed by atoms with Crippen LogP contribution >= 0.6 is 11.3 Å². The van der Waals surface area contributed by atoms with Crippen LogP contribution in [0.15, 0.2) is 78.8 Å². The Morgan fingerprint density at radius 1 is 1.16 bits per heavy atom. The van der Waals surface area contributed by atoms with Gasteiger partial charge in [0.25, 0.3) is 6.33 Å². The number of aryl methyl sites for hydroxylation is 1. The fourth-order valence-electron chi connectivity index (χ4n) is 5.26. The van der Waals surface area contributed by atoms with Crippen molar-refractivity contribution < 1.29 is 37.5 Å². The summed E-state index contributed by atoms with van der Waals surface area (Å²) < 4.78 is 43.6. The maximum atomic E-state index is 15.3. The average molecular weight is 707 g/mol. The molecule has 1 amide bonds. The minimum absolute atomic E-state index is 0.0310. The van der Waals surface area contributed by atoms with E-state index in [9.17, 15) is 19.1 Å². The molecule has 50 heavy (non-hydrogen) atoms. The highest BCUT2D eigenvalue weighted by atomic mass is 32.1. The lowest BCUT2D eigenvalue weighted by molar-refractivity contribution is -0.753. The number of aliphatic hydroxyl groups is 1. The number of halogens is 2. The number of hydrogen-bond acceptors (Lipinski definition) is 10. The Kier molecular flexibility index (Phi) is 11.3. The standard InChI is InChI=1S/C35H38F2N7O5S/c1-22-8-10-25(11-9-22)30-18-50-33(41-30)23(2)35(47,28-15-27(36)12-13-29(28)37)19-44-21-43(20-40-44)24(3)49-34(46)42(5)32-26(7-6-14-39-32)17-48-31(45)16-38-4/h6-15,18,20-21,23-24,38,47H,16-17,19H2,1-5H3/q+1/t23-,24?,35+/m0/s1. The summed E-state index contributed by atoms with van der Waals surface area (Å²) in [6, 6.07) is 14.1. The number of esters is 1. The van der Waals surface area contributed by atoms with Crippen LogP contribution < -0.4 is 14.8 Å². The third kappa shape index (κ3) is 8.18. The van der Waals surface area contributed by atoms with Crippen molar-refractivity contribution in [3.8, 4) is 11.3 Å². The number of rotatable bonds is 13. The van der Waals surface area contributed by atoms with Crippen LogP contribution in [0, 0.1) is 18.6 Å². The Labute approximate surface area is 292 Å². The number of nitrogens with one attached hydrogen (secondary N) is 1. The molecule has 0 spiro atoms. The lowest BCUT2D eigenvalue weighted by Crippen LogP contribution is -2.42. The molecule has 5 rings (SSSR count). The molecule has 0 aliphatic heterocycles. The Bertz CT molecular complexity index is 1950. The number of anilines is 1. The van der Waals surface area contributed by atoms with Gasteiger partial charge >= 0.3 is 12.1 Å². The molecule has 262 valence electrons. The van der Waals surface area contributed by atoms with E-state index in [-0.39, 0.29) is 31.1 Å². The van der Waals surface area contributed by atoms with E-state index in [0.29, 0.717) is 16.3 Å². The number of nitrogens with zero attached hydrogens (tertiary/aromatic N) is 6. The summed E-state index contributed by atoms with van der Waals surface area (Å²) in [6.07, 6.45) is 2.74. The number of benzene rings is 2. The van der Waals surface area contributed by atoms with E-state index in [1.165, 1.54) is 51.4 Å². The van der Waals surface area contributed by atoms with Gasteiger partial charge in [-0.15, -0.1) is 16.0 Å². The third-order valence-corrected chi connectivity index (χ3v) is 9.24. The SMILES string of the molecule is CNCC(=O)OCc1cccnc1N(C)C(=O)OC(C)[n+]1cnn(C[C@](O)(c2cc(F)ccc2F)[C@@H](C)c2nc(-c3ccc(C)cc3)cs2)c1. The summed E-state index contributed by atoms with van der Waals surface area (Å²) in [5, 5.41) is 21.7. The zero-order valence-electron chi connectivity index (χ0n) is 28.2. The van der Waals surface area contributed by atoms with Crippen LogP contribution in [0.2, 0.25) is 0 Å². The summed E-state index contributed by atoms with van der Waals surface area (Å²) in [7, 11) is 3.10. The minimum atomic E-state index is -2.00. The maximum absolute atomic E-state index is 15.3. The van der Waals surface area contributed by atoms with Crippen LogP contribution in [0.3, 0.4) is 0 Å². The van der Waals surface area contributed by atoms with Gasteiger partial charge in [0.1, 0.15) is 36.2 Å². The fourth-order valence-corrected chi connectivity index (χ4v) is 6.23. The molecule has 2 N–H and O–H groups in total. The zero-order chi connectivity index (χ0) is 36.0. The molecule has 0 aliphatic rings. The normalized spacial score (nSPS) is 13.7. The highest BCUT2D eigenvalue weighted by Crippen LogP contribution is 2.41. The van der Waals surface area contributed by atoms with Crippen LogP contribution in [0.5, 0.6) is 0 Å². The topological polar surface area (TPSA) is 136 Å². The molecular weight excluding hydrogens is 668 g/mol. The van der Waals surface area contributed by atoms with Crippen molar-refractivity contribution in [2.75, 3.05) is 25.5 Å². The van der Waals surface area contributed by atoms with E-state index in [1.54, 1.807) is 33.0 Å². The van der Waals surface area contributed by atoms with Crippen LogP contribution in [0.1, 0.15) is 47.7 Å². The minimum Gasteiger partial charge on any atom is -0.460 e. The van der Waals surface area contributed by atoms with Crippen molar-refractivity contribution in [2.24, 2.45) is 0 Å². The predicted molar refractivity (Wildman–Crippen MR) is 181 cm³/mol. The van der Waals surface area contributed by atoms with Crippen LogP contribution in [0.4, 0.5) is 19.4 Å². The van der Waals surface area contributed by atoms with Gasteiger partial charge in [0.15, 0.2) is 0 Å². The Balaban J connectivity index is 1.35. The van der Waals surface area contributed by atoms with E-state index >= 15 is 4.39 Å². The molecule has 0 radical (unpaired) electrons. The molecule has 0 saturated carbocycles. The number of pyridine rings is 1. The number of carbonyl (C=O) groups excluding carboxylic acids is 2. The number of aromatic nitrogens is 5. The van der Waals surface area contributed by atoms with Crippen molar-refractivity contribution >= 4 is 29.2 Å². The maximum Gasteiger partial charge on any atom is 0.418 e. The summed E-state index contributed by atoms with van der Waals surface area (Å²) >= 11 is 1.31. The summed E-state index contributed by atoms with van der Waals surface area (Å²) in [5.74, 6) is -2.51. The first-order valence-electron chi connectivity index (χ1n) is 15.7. The zero-order valence-corrected chi connectivity index (χ0v) is 29.0. The molecule has 1 unspecified atom stereocenters. The van der Waals surface area contributed by atoms with Crippen molar-refractivity contribution in [1.29, 1.82) is 0 Å². The quantitative estimate of drug-likeness (QED) is 0.128. The van der Waals surface area contributed by atoms with E-state index in [1.807, 2.05) is 36.6 Å². The van der Waals surface area contributed by atoms with Crippen molar-refractivity contribution in [3.63, 3.8) is 0 Å². The molecule has 0 fully saturated rings. The number of ether oxygens (including phenoxy) is 2. The number of amides is 1. The van der Waals surface area contributed by atoms with E-state index in [2.05, 4.69) is 15.4 Å². The predicted octanol–water partition coefficient (Wildman–Crippen LogP) is 5.02.